The molecular formula is C15H21FN2O3. The van der Waals surface area contributed by atoms with Crippen LogP contribution in [0, 0.1) is 5.82 Å². The van der Waals surface area contributed by atoms with Gasteiger partial charge in [-0.25, -0.2) is 4.39 Å². The zero-order valence-electron chi connectivity index (χ0n) is 12.4. The largest absolute Gasteiger partial charge is 0.480 e. The summed E-state index contributed by atoms with van der Waals surface area (Å²) in [6, 6.07) is 5.68. The average Bonchev–Trinajstić information content (AvgIpc) is 2.41. The van der Waals surface area contributed by atoms with Crippen LogP contribution in [0.25, 0.3) is 0 Å². The molecule has 0 fully saturated rings. The molecule has 0 bridgehead atoms. The molecule has 21 heavy (non-hydrogen) atoms. The number of carboxylic acid groups (broad SMARTS) is 1. The predicted octanol–water partition coefficient (Wildman–Crippen LogP) is 1.98. The SMILES string of the molecule is CCCN(CC(=O)O)CC(=O)N(CC)c1ccc(F)cc1. The van der Waals surface area contributed by atoms with Crippen molar-refractivity contribution in [1.82, 2.24) is 4.90 Å². The van der Waals surface area contributed by atoms with Crippen LogP contribution in [0.5, 0.6) is 0 Å². The molecule has 0 saturated heterocycles. The quantitative estimate of drug-likeness (QED) is 0.797. The third-order valence-corrected chi connectivity index (χ3v) is 3.01. The molecule has 0 heterocycles. The molecule has 1 rings (SSSR count). The Kier molecular flexibility index (Phi) is 6.81. The average molecular weight is 296 g/mol. The smallest absolute Gasteiger partial charge is 0.317 e. The molecule has 0 unspecified atom stereocenters. The van der Waals surface area contributed by atoms with E-state index in [-0.39, 0.29) is 24.8 Å². The highest BCUT2D eigenvalue weighted by Crippen LogP contribution is 2.15. The number of carbonyl (C=O) groups excluding carboxylic acids is 1. The Morgan fingerprint density at radius 1 is 1.14 bits per heavy atom. The Bertz CT molecular complexity index is 476. The molecular weight excluding hydrogens is 275 g/mol. The van der Waals surface area contributed by atoms with Crippen molar-refractivity contribution in [3.05, 3.63) is 30.1 Å². The predicted molar refractivity (Wildman–Crippen MR) is 78.8 cm³/mol. The van der Waals surface area contributed by atoms with Gasteiger partial charge < -0.3 is 10.0 Å². The summed E-state index contributed by atoms with van der Waals surface area (Å²) in [4.78, 5) is 26.2. The van der Waals surface area contributed by atoms with Crippen LogP contribution in [0.3, 0.4) is 0 Å². The van der Waals surface area contributed by atoms with Crippen molar-refractivity contribution in [2.45, 2.75) is 20.3 Å². The van der Waals surface area contributed by atoms with E-state index >= 15 is 0 Å². The van der Waals surface area contributed by atoms with Crippen molar-refractivity contribution in [3.63, 3.8) is 0 Å². The van der Waals surface area contributed by atoms with Crippen LogP contribution < -0.4 is 4.90 Å². The van der Waals surface area contributed by atoms with E-state index in [0.717, 1.165) is 6.42 Å². The highest BCUT2D eigenvalue weighted by atomic mass is 19.1. The molecule has 116 valence electrons. The van der Waals surface area contributed by atoms with E-state index in [0.29, 0.717) is 18.8 Å². The summed E-state index contributed by atoms with van der Waals surface area (Å²) in [5.74, 6) is -1.51. The van der Waals surface area contributed by atoms with Crippen molar-refractivity contribution in [1.29, 1.82) is 0 Å². The van der Waals surface area contributed by atoms with Crippen LogP contribution in [-0.2, 0) is 9.59 Å². The first kappa shape index (κ1) is 17.1. The topological polar surface area (TPSA) is 60.9 Å². The van der Waals surface area contributed by atoms with Gasteiger partial charge >= 0.3 is 5.97 Å². The Morgan fingerprint density at radius 3 is 2.24 bits per heavy atom. The van der Waals surface area contributed by atoms with Gasteiger partial charge in [-0.05, 0) is 44.2 Å². The number of anilines is 1. The van der Waals surface area contributed by atoms with Gasteiger partial charge in [0, 0.05) is 12.2 Å². The summed E-state index contributed by atoms with van der Waals surface area (Å²) < 4.78 is 12.9. The number of carbonyl (C=O) groups is 2. The molecule has 1 aromatic carbocycles. The number of rotatable bonds is 8. The van der Waals surface area contributed by atoms with E-state index in [4.69, 9.17) is 5.11 Å². The lowest BCUT2D eigenvalue weighted by Crippen LogP contribution is -2.42. The van der Waals surface area contributed by atoms with Gasteiger partial charge in [0.25, 0.3) is 0 Å². The van der Waals surface area contributed by atoms with E-state index in [9.17, 15) is 14.0 Å². The second kappa shape index (κ2) is 8.36. The monoisotopic (exact) mass is 296 g/mol. The normalized spacial score (nSPS) is 10.7. The van der Waals surface area contributed by atoms with E-state index < -0.39 is 5.97 Å². The van der Waals surface area contributed by atoms with Crippen LogP contribution in [0.1, 0.15) is 20.3 Å². The maximum absolute atomic E-state index is 12.9. The van der Waals surface area contributed by atoms with E-state index in [1.165, 1.54) is 29.2 Å². The highest BCUT2D eigenvalue weighted by molar-refractivity contribution is 5.94. The first-order valence-corrected chi connectivity index (χ1v) is 6.98. The van der Waals surface area contributed by atoms with Gasteiger partial charge in [-0.2, -0.15) is 0 Å². The number of amides is 1. The highest BCUT2D eigenvalue weighted by Gasteiger charge is 2.19. The molecule has 1 N–H and O–H groups in total. The van der Waals surface area contributed by atoms with Crippen molar-refractivity contribution in [2.75, 3.05) is 31.1 Å². The Morgan fingerprint density at radius 2 is 1.76 bits per heavy atom. The molecule has 0 saturated carbocycles. The number of hydrogen-bond donors (Lipinski definition) is 1. The lowest BCUT2D eigenvalue weighted by molar-refractivity contribution is -0.138. The summed E-state index contributed by atoms with van der Waals surface area (Å²) in [5.41, 5.74) is 0.607. The Labute approximate surface area is 124 Å². The van der Waals surface area contributed by atoms with Gasteiger partial charge in [0.15, 0.2) is 0 Å². The number of nitrogens with zero attached hydrogens (tertiary/aromatic N) is 2. The van der Waals surface area contributed by atoms with Crippen LogP contribution in [0.4, 0.5) is 10.1 Å². The van der Waals surface area contributed by atoms with E-state index in [1.54, 1.807) is 4.90 Å². The number of carboxylic acids is 1. The number of aliphatic carboxylic acids is 1. The van der Waals surface area contributed by atoms with Gasteiger partial charge in [0.2, 0.25) is 5.91 Å². The minimum Gasteiger partial charge on any atom is -0.480 e. The zero-order chi connectivity index (χ0) is 15.8. The molecule has 0 atom stereocenters. The van der Waals surface area contributed by atoms with Crippen LogP contribution in [0.2, 0.25) is 0 Å². The fraction of sp³-hybridized carbons (Fsp3) is 0.467. The molecule has 0 aliphatic carbocycles. The first-order chi connectivity index (χ1) is 9.97. The number of benzene rings is 1. The summed E-state index contributed by atoms with van der Waals surface area (Å²) in [6.07, 6.45) is 0.767. The summed E-state index contributed by atoms with van der Waals surface area (Å²) >= 11 is 0. The lowest BCUT2D eigenvalue weighted by Gasteiger charge is -2.25. The van der Waals surface area contributed by atoms with Crippen LogP contribution >= 0.6 is 0 Å². The third kappa shape index (κ3) is 5.51. The van der Waals surface area contributed by atoms with Crippen molar-refractivity contribution >= 4 is 17.6 Å². The second-order valence-electron chi connectivity index (χ2n) is 4.72. The fourth-order valence-electron chi connectivity index (χ4n) is 2.12. The Hall–Kier alpha value is -1.95. The first-order valence-electron chi connectivity index (χ1n) is 6.98. The molecule has 1 amide bonds. The molecule has 0 aliphatic rings. The zero-order valence-corrected chi connectivity index (χ0v) is 12.4. The Balaban J connectivity index is 2.77. The summed E-state index contributed by atoms with van der Waals surface area (Å²) in [7, 11) is 0. The van der Waals surface area contributed by atoms with Crippen LogP contribution in [0.15, 0.2) is 24.3 Å². The molecule has 0 radical (unpaired) electrons. The third-order valence-electron chi connectivity index (χ3n) is 3.01. The van der Waals surface area contributed by atoms with Crippen LogP contribution in [-0.4, -0.2) is 48.1 Å². The molecule has 6 heteroatoms. The molecule has 0 spiro atoms. The van der Waals surface area contributed by atoms with Crippen molar-refractivity contribution in [2.24, 2.45) is 0 Å². The van der Waals surface area contributed by atoms with Gasteiger partial charge in [-0.15, -0.1) is 0 Å². The molecule has 1 aromatic rings. The minimum absolute atomic E-state index is 0.0331. The number of halogens is 1. The maximum atomic E-state index is 12.9. The number of hydrogen-bond acceptors (Lipinski definition) is 3. The minimum atomic E-state index is -0.957. The molecule has 5 nitrogen and oxygen atoms in total. The molecule has 0 aromatic heterocycles. The van der Waals surface area contributed by atoms with Crippen molar-refractivity contribution in [3.8, 4) is 0 Å². The van der Waals surface area contributed by atoms with Gasteiger partial charge in [0.1, 0.15) is 5.82 Å². The summed E-state index contributed by atoms with van der Waals surface area (Å²) in [5, 5.41) is 8.86. The standard InChI is InChI=1S/C15H21FN2O3/c1-3-9-17(11-15(20)21)10-14(19)18(4-2)13-7-5-12(16)6-8-13/h5-8H,3-4,9-11H2,1-2H3,(H,20,21). The lowest BCUT2D eigenvalue weighted by atomic mass is 10.2. The number of likely N-dealkylation sites (N-methyl/N-ethyl adjacent to an activating group) is 1. The fourth-order valence-corrected chi connectivity index (χ4v) is 2.12. The summed E-state index contributed by atoms with van der Waals surface area (Å²) in [6.45, 7) is 4.60. The maximum Gasteiger partial charge on any atom is 0.317 e. The van der Waals surface area contributed by atoms with Gasteiger partial charge in [0.05, 0.1) is 13.1 Å². The van der Waals surface area contributed by atoms with Crippen molar-refractivity contribution < 1.29 is 19.1 Å². The molecule has 0 aliphatic heterocycles. The second-order valence-corrected chi connectivity index (χ2v) is 4.72. The van der Waals surface area contributed by atoms with E-state index in [1.807, 2.05) is 13.8 Å². The van der Waals surface area contributed by atoms with Gasteiger partial charge in [-0.1, -0.05) is 6.92 Å². The van der Waals surface area contributed by atoms with E-state index in [2.05, 4.69) is 0 Å². The van der Waals surface area contributed by atoms with Gasteiger partial charge in [-0.3, -0.25) is 14.5 Å².